The Bertz CT molecular complexity index is 399. The molecule has 3 heteroatoms. The Morgan fingerprint density at radius 2 is 1.94 bits per heavy atom. The monoisotopic (exact) mass is 235 g/mol. The first-order valence-electron chi connectivity index (χ1n) is 5.91. The molecule has 0 unspecified atom stereocenters. The first kappa shape index (κ1) is 13.6. The van der Waals surface area contributed by atoms with Gasteiger partial charge in [-0.15, -0.1) is 0 Å². The van der Waals surface area contributed by atoms with Gasteiger partial charge in [-0.05, 0) is 43.5 Å². The molecule has 0 radical (unpaired) electrons. The van der Waals surface area contributed by atoms with Crippen LogP contribution < -0.4 is 10.1 Å². The molecule has 1 aromatic rings. The first-order valence-corrected chi connectivity index (χ1v) is 5.91. The molecule has 0 fully saturated rings. The van der Waals surface area contributed by atoms with Gasteiger partial charge < -0.3 is 10.1 Å². The first-order chi connectivity index (χ1) is 7.95. The zero-order chi connectivity index (χ0) is 13.0. The van der Waals surface area contributed by atoms with E-state index >= 15 is 0 Å². The van der Waals surface area contributed by atoms with Gasteiger partial charge >= 0.3 is 0 Å². The van der Waals surface area contributed by atoms with Crippen LogP contribution in [0.3, 0.4) is 0 Å². The van der Waals surface area contributed by atoms with Crippen molar-refractivity contribution in [1.29, 1.82) is 0 Å². The van der Waals surface area contributed by atoms with Gasteiger partial charge in [-0.2, -0.15) is 0 Å². The fourth-order valence-electron chi connectivity index (χ4n) is 1.48. The van der Waals surface area contributed by atoms with E-state index in [1.807, 2.05) is 26.0 Å². The van der Waals surface area contributed by atoms with Crippen LogP contribution in [0.1, 0.15) is 36.7 Å². The average Bonchev–Trinajstić information content (AvgIpc) is 2.28. The molecule has 17 heavy (non-hydrogen) atoms. The summed E-state index contributed by atoms with van der Waals surface area (Å²) in [6.07, 6.45) is 0. The van der Waals surface area contributed by atoms with Crippen LogP contribution in [0.4, 0.5) is 0 Å². The molecule has 0 heterocycles. The van der Waals surface area contributed by atoms with Crippen LogP contribution in [0.15, 0.2) is 18.2 Å². The highest BCUT2D eigenvalue weighted by Gasteiger charge is 2.13. The lowest BCUT2D eigenvalue weighted by atomic mass is 10.1. The van der Waals surface area contributed by atoms with Crippen LogP contribution in [0.5, 0.6) is 5.75 Å². The third-order valence-electron chi connectivity index (χ3n) is 3.02. The minimum Gasteiger partial charge on any atom is -0.496 e. The van der Waals surface area contributed by atoms with Gasteiger partial charge in [0.15, 0.2) is 0 Å². The summed E-state index contributed by atoms with van der Waals surface area (Å²) in [5, 5.41) is 2.98. The SMILES string of the molecule is COc1ccc(C(=O)N[C@@H](C)C(C)C)cc1C. The van der Waals surface area contributed by atoms with E-state index in [2.05, 4.69) is 19.2 Å². The lowest BCUT2D eigenvalue weighted by Crippen LogP contribution is -2.36. The van der Waals surface area contributed by atoms with Crippen molar-refractivity contribution in [3.8, 4) is 5.75 Å². The van der Waals surface area contributed by atoms with E-state index < -0.39 is 0 Å². The van der Waals surface area contributed by atoms with Crippen molar-refractivity contribution < 1.29 is 9.53 Å². The summed E-state index contributed by atoms with van der Waals surface area (Å²) < 4.78 is 5.17. The van der Waals surface area contributed by atoms with E-state index in [-0.39, 0.29) is 11.9 Å². The molecule has 3 nitrogen and oxygen atoms in total. The second-order valence-corrected chi connectivity index (χ2v) is 4.69. The number of amides is 1. The maximum Gasteiger partial charge on any atom is 0.251 e. The highest BCUT2D eigenvalue weighted by atomic mass is 16.5. The Morgan fingerprint density at radius 3 is 2.41 bits per heavy atom. The lowest BCUT2D eigenvalue weighted by Gasteiger charge is -2.17. The Labute approximate surface area is 103 Å². The van der Waals surface area contributed by atoms with Crippen LogP contribution in [0.2, 0.25) is 0 Å². The van der Waals surface area contributed by atoms with E-state index in [0.29, 0.717) is 11.5 Å². The highest BCUT2D eigenvalue weighted by Crippen LogP contribution is 2.18. The fraction of sp³-hybridized carbons (Fsp3) is 0.500. The molecule has 1 rings (SSSR count). The van der Waals surface area contributed by atoms with Crippen LogP contribution in [0.25, 0.3) is 0 Å². The molecule has 94 valence electrons. The zero-order valence-corrected chi connectivity index (χ0v) is 11.2. The number of hydrogen-bond acceptors (Lipinski definition) is 2. The normalized spacial score (nSPS) is 12.4. The van der Waals surface area contributed by atoms with Gasteiger partial charge in [0.25, 0.3) is 5.91 Å². The summed E-state index contributed by atoms with van der Waals surface area (Å²) in [5.41, 5.74) is 1.65. The van der Waals surface area contributed by atoms with E-state index in [9.17, 15) is 4.79 Å². The van der Waals surface area contributed by atoms with Gasteiger partial charge in [0.05, 0.1) is 7.11 Å². The highest BCUT2D eigenvalue weighted by molar-refractivity contribution is 5.94. The van der Waals surface area contributed by atoms with E-state index in [1.165, 1.54) is 0 Å². The Morgan fingerprint density at radius 1 is 1.29 bits per heavy atom. The second kappa shape index (κ2) is 5.71. The molecule has 0 aromatic heterocycles. The van der Waals surface area contributed by atoms with Crippen molar-refractivity contribution in [2.75, 3.05) is 7.11 Å². The molecule has 1 N–H and O–H groups in total. The van der Waals surface area contributed by atoms with Crippen molar-refractivity contribution in [2.24, 2.45) is 5.92 Å². The predicted molar refractivity (Wildman–Crippen MR) is 69.5 cm³/mol. The maximum absolute atomic E-state index is 12.0. The summed E-state index contributed by atoms with van der Waals surface area (Å²) in [4.78, 5) is 12.0. The van der Waals surface area contributed by atoms with Gasteiger partial charge in [0.1, 0.15) is 5.75 Å². The van der Waals surface area contributed by atoms with Crippen molar-refractivity contribution >= 4 is 5.91 Å². The number of rotatable bonds is 4. The lowest BCUT2D eigenvalue weighted by molar-refractivity contribution is 0.0930. The number of benzene rings is 1. The Hall–Kier alpha value is -1.51. The van der Waals surface area contributed by atoms with Crippen molar-refractivity contribution in [3.63, 3.8) is 0 Å². The van der Waals surface area contributed by atoms with Crippen molar-refractivity contribution in [1.82, 2.24) is 5.32 Å². The molecule has 1 atom stereocenters. The number of carbonyl (C=O) groups excluding carboxylic acids is 1. The molecule has 0 saturated carbocycles. The van der Waals surface area contributed by atoms with E-state index in [1.54, 1.807) is 13.2 Å². The van der Waals surface area contributed by atoms with Gasteiger partial charge in [-0.3, -0.25) is 4.79 Å². The van der Waals surface area contributed by atoms with Gasteiger partial charge in [0.2, 0.25) is 0 Å². The third-order valence-corrected chi connectivity index (χ3v) is 3.02. The third kappa shape index (κ3) is 3.48. The fourth-order valence-corrected chi connectivity index (χ4v) is 1.48. The van der Waals surface area contributed by atoms with Crippen LogP contribution >= 0.6 is 0 Å². The molecule has 0 bridgehead atoms. The van der Waals surface area contributed by atoms with Gasteiger partial charge in [0, 0.05) is 11.6 Å². The summed E-state index contributed by atoms with van der Waals surface area (Å²) in [5.74, 6) is 1.20. The molecule has 0 aliphatic rings. The largest absolute Gasteiger partial charge is 0.496 e. The minimum atomic E-state index is -0.0306. The zero-order valence-electron chi connectivity index (χ0n) is 11.2. The summed E-state index contributed by atoms with van der Waals surface area (Å²) in [6.45, 7) is 8.12. The van der Waals surface area contributed by atoms with Gasteiger partial charge in [-0.25, -0.2) is 0 Å². The molecule has 1 amide bonds. The second-order valence-electron chi connectivity index (χ2n) is 4.69. The minimum absolute atomic E-state index is 0.0306. The summed E-state index contributed by atoms with van der Waals surface area (Å²) >= 11 is 0. The Kier molecular flexibility index (Phi) is 4.55. The number of nitrogens with one attached hydrogen (secondary N) is 1. The van der Waals surface area contributed by atoms with Gasteiger partial charge in [-0.1, -0.05) is 13.8 Å². The number of carbonyl (C=O) groups is 1. The standard InChI is InChI=1S/C14H21NO2/c1-9(2)11(4)15-14(16)12-6-7-13(17-5)10(3)8-12/h6-9,11H,1-5H3,(H,15,16)/t11-/m0/s1. The maximum atomic E-state index is 12.0. The van der Waals surface area contributed by atoms with Crippen LogP contribution in [-0.4, -0.2) is 19.1 Å². The predicted octanol–water partition coefficient (Wildman–Crippen LogP) is 2.78. The average molecular weight is 235 g/mol. The molecule has 0 saturated heterocycles. The van der Waals surface area contributed by atoms with Crippen molar-refractivity contribution in [2.45, 2.75) is 33.7 Å². The summed E-state index contributed by atoms with van der Waals surface area (Å²) in [7, 11) is 1.63. The Balaban J connectivity index is 2.80. The van der Waals surface area contributed by atoms with E-state index in [0.717, 1.165) is 11.3 Å². The smallest absolute Gasteiger partial charge is 0.251 e. The van der Waals surface area contributed by atoms with Crippen LogP contribution in [0, 0.1) is 12.8 Å². The molecular weight excluding hydrogens is 214 g/mol. The summed E-state index contributed by atoms with van der Waals surface area (Å²) in [6, 6.07) is 5.63. The molecule has 1 aromatic carbocycles. The van der Waals surface area contributed by atoms with Crippen LogP contribution in [-0.2, 0) is 0 Å². The quantitative estimate of drug-likeness (QED) is 0.871. The number of methoxy groups -OCH3 is 1. The van der Waals surface area contributed by atoms with Crippen molar-refractivity contribution in [3.05, 3.63) is 29.3 Å². The molecule has 0 aliphatic heterocycles. The molecular formula is C14H21NO2. The van der Waals surface area contributed by atoms with E-state index in [4.69, 9.17) is 4.74 Å². The molecule has 0 spiro atoms. The number of hydrogen-bond donors (Lipinski definition) is 1. The molecule has 0 aliphatic carbocycles. The number of aryl methyl sites for hydroxylation is 1. The number of ether oxygens (including phenoxy) is 1. The topological polar surface area (TPSA) is 38.3 Å².